The molecule has 0 fully saturated rings. The van der Waals surface area contributed by atoms with Gasteiger partial charge in [0.25, 0.3) is 0 Å². The fourth-order valence-corrected chi connectivity index (χ4v) is 3.19. The zero-order valence-corrected chi connectivity index (χ0v) is 15.0. The fourth-order valence-electron chi connectivity index (χ4n) is 3.07. The third kappa shape index (κ3) is 2.98. The van der Waals surface area contributed by atoms with Crippen molar-refractivity contribution in [2.75, 3.05) is 12.8 Å². The number of pyridine rings is 1. The lowest BCUT2D eigenvalue weighted by molar-refractivity contribution is 0.415. The zero-order chi connectivity index (χ0) is 18.1. The van der Waals surface area contributed by atoms with Crippen molar-refractivity contribution in [3.05, 3.63) is 77.8 Å². The summed E-state index contributed by atoms with van der Waals surface area (Å²) in [5.74, 6) is 0.786. The lowest BCUT2D eigenvalue weighted by Crippen LogP contribution is -1.94. The van der Waals surface area contributed by atoms with E-state index in [1.807, 2.05) is 66.7 Å². The maximum absolute atomic E-state index is 6.25. The molecule has 0 atom stereocenters. The molecule has 26 heavy (non-hydrogen) atoms. The average molecular weight is 361 g/mol. The second-order valence-electron chi connectivity index (χ2n) is 6.03. The maximum atomic E-state index is 6.25. The molecule has 0 aliphatic rings. The van der Waals surface area contributed by atoms with Crippen LogP contribution in [-0.4, -0.2) is 12.1 Å². The number of rotatable bonds is 3. The summed E-state index contributed by atoms with van der Waals surface area (Å²) in [6, 6.07) is 23.5. The van der Waals surface area contributed by atoms with Crippen molar-refractivity contribution in [1.82, 2.24) is 4.98 Å². The number of aromatic nitrogens is 1. The van der Waals surface area contributed by atoms with Crippen molar-refractivity contribution < 1.29 is 4.74 Å². The third-order valence-corrected chi connectivity index (χ3v) is 4.66. The smallest absolute Gasteiger partial charge is 0.119 e. The van der Waals surface area contributed by atoms with Gasteiger partial charge in [-0.15, -0.1) is 0 Å². The van der Waals surface area contributed by atoms with E-state index in [4.69, 9.17) is 27.1 Å². The lowest BCUT2D eigenvalue weighted by atomic mass is 9.97. The van der Waals surface area contributed by atoms with Gasteiger partial charge >= 0.3 is 0 Å². The number of benzene rings is 3. The Morgan fingerprint density at radius 3 is 2.38 bits per heavy atom. The molecule has 128 valence electrons. The first-order valence-electron chi connectivity index (χ1n) is 8.25. The Morgan fingerprint density at radius 2 is 1.65 bits per heavy atom. The minimum Gasteiger partial charge on any atom is -0.497 e. The molecule has 0 aliphatic heterocycles. The largest absolute Gasteiger partial charge is 0.497 e. The van der Waals surface area contributed by atoms with Crippen LogP contribution >= 0.6 is 11.6 Å². The molecule has 0 unspecified atom stereocenters. The van der Waals surface area contributed by atoms with Crippen LogP contribution in [0.2, 0.25) is 5.02 Å². The number of halogens is 1. The number of para-hydroxylation sites is 1. The van der Waals surface area contributed by atoms with Gasteiger partial charge in [0.2, 0.25) is 0 Å². The number of hydrogen-bond acceptors (Lipinski definition) is 3. The van der Waals surface area contributed by atoms with E-state index in [1.165, 1.54) is 0 Å². The van der Waals surface area contributed by atoms with E-state index in [-0.39, 0.29) is 0 Å². The summed E-state index contributed by atoms with van der Waals surface area (Å²) >= 11 is 6.02. The summed E-state index contributed by atoms with van der Waals surface area (Å²) in [5.41, 5.74) is 11.7. The highest BCUT2D eigenvalue weighted by Crippen LogP contribution is 2.36. The van der Waals surface area contributed by atoms with Crippen LogP contribution in [0.3, 0.4) is 0 Å². The summed E-state index contributed by atoms with van der Waals surface area (Å²) in [7, 11) is 1.66. The molecule has 0 spiro atoms. The van der Waals surface area contributed by atoms with Gasteiger partial charge in [-0.25, -0.2) is 4.98 Å². The first-order valence-corrected chi connectivity index (χ1v) is 8.63. The Balaban J connectivity index is 2.02. The summed E-state index contributed by atoms with van der Waals surface area (Å²) in [6.45, 7) is 0. The maximum Gasteiger partial charge on any atom is 0.119 e. The zero-order valence-electron chi connectivity index (χ0n) is 14.2. The molecule has 3 nitrogen and oxygen atoms in total. The number of hydrogen-bond donors (Lipinski definition) is 1. The summed E-state index contributed by atoms with van der Waals surface area (Å²) < 4.78 is 5.40. The first-order chi connectivity index (χ1) is 12.7. The average Bonchev–Trinajstić information content (AvgIpc) is 2.68. The van der Waals surface area contributed by atoms with E-state index < -0.39 is 0 Å². The van der Waals surface area contributed by atoms with Gasteiger partial charge in [-0.1, -0.05) is 41.9 Å². The number of methoxy groups -OCH3 is 1. The van der Waals surface area contributed by atoms with E-state index in [0.29, 0.717) is 5.02 Å². The minimum absolute atomic E-state index is 0.701. The van der Waals surface area contributed by atoms with Crippen LogP contribution in [0, 0.1) is 0 Å². The van der Waals surface area contributed by atoms with Crippen molar-refractivity contribution in [3.8, 4) is 28.1 Å². The van der Waals surface area contributed by atoms with Crippen molar-refractivity contribution in [1.29, 1.82) is 0 Å². The van der Waals surface area contributed by atoms with E-state index in [0.717, 1.165) is 44.7 Å². The molecular weight excluding hydrogens is 344 g/mol. The first kappa shape index (κ1) is 16.4. The molecular formula is C22H17ClN2O. The van der Waals surface area contributed by atoms with E-state index in [9.17, 15) is 0 Å². The predicted molar refractivity (Wildman–Crippen MR) is 109 cm³/mol. The van der Waals surface area contributed by atoms with Gasteiger partial charge in [0, 0.05) is 27.2 Å². The second-order valence-corrected chi connectivity index (χ2v) is 6.47. The molecule has 0 amide bonds. The number of ether oxygens (including phenoxy) is 1. The van der Waals surface area contributed by atoms with E-state index >= 15 is 0 Å². The molecule has 4 rings (SSSR count). The summed E-state index contributed by atoms with van der Waals surface area (Å²) in [5, 5.41) is 1.70. The lowest BCUT2D eigenvalue weighted by Gasteiger charge is -2.13. The summed E-state index contributed by atoms with van der Waals surface area (Å²) in [4.78, 5) is 4.83. The number of nitrogen functional groups attached to an aromatic ring is 1. The Morgan fingerprint density at radius 1 is 0.885 bits per heavy atom. The summed E-state index contributed by atoms with van der Waals surface area (Å²) in [6.07, 6.45) is 0. The van der Waals surface area contributed by atoms with Crippen LogP contribution in [0.25, 0.3) is 33.3 Å². The topological polar surface area (TPSA) is 48.1 Å². The molecule has 0 saturated carbocycles. The molecule has 0 radical (unpaired) electrons. The molecule has 0 bridgehead atoms. The molecule has 0 aliphatic carbocycles. The van der Waals surface area contributed by atoms with Crippen LogP contribution < -0.4 is 10.5 Å². The SMILES string of the molecule is COc1ccc2nc(-c3ccc(Cl)cc3)cc(-c3ccccc3N)c2c1. The monoisotopic (exact) mass is 360 g/mol. The molecule has 4 aromatic rings. The van der Waals surface area contributed by atoms with Crippen molar-refractivity contribution >= 4 is 28.2 Å². The van der Waals surface area contributed by atoms with E-state index in [1.54, 1.807) is 7.11 Å². The Labute approximate surface area is 157 Å². The van der Waals surface area contributed by atoms with Gasteiger partial charge in [0.15, 0.2) is 0 Å². The van der Waals surface area contributed by atoms with Crippen molar-refractivity contribution in [2.24, 2.45) is 0 Å². The van der Waals surface area contributed by atoms with E-state index in [2.05, 4.69) is 6.07 Å². The van der Waals surface area contributed by atoms with Crippen LogP contribution in [-0.2, 0) is 0 Å². The van der Waals surface area contributed by atoms with Crippen LogP contribution in [0.15, 0.2) is 72.8 Å². The van der Waals surface area contributed by atoms with Crippen LogP contribution in [0.1, 0.15) is 0 Å². The van der Waals surface area contributed by atoms with Gasteiger partial charge < -0.3 is 10.5 Å². The van der Waals surface area contributed by atoms with Crippen molar-refractivity contribution in [3.63, 3.8) is 0 Å². The number of fused-ring (bicyclic) bond motifs is 1. The van der Waals surface area contributed by atoms with Crippen LogP contribution in [0.4, 0.5) is 5.69 Å². The number of nitrogens with two attached hydrogens (primary N) is 1. The molecule has 1 aromatic heterocycles. The Bertz CT molecular complexity index is 1090. The molecule has 2 N–H and O–H groups in total. The molecule has 0 saturated heterocycles. The molecule has 3 aromatic carbocycles. The predicted octanol–water partition coefficient (Wildman–Crippen LogP) is 5.81. The Hall–Kier alpha value is -3.04. The second kappa shape index (κ2) is 6.70. The van der Waals surface area contributed by atoms with Gasteiger partial charge in [0.05, 0.1) is 18.3 Å². The normalized spacial score (nSPS) is 10.8. The minimum atomic E-state index is 0.701. The van der Waals surface area contributed by atoms with Gasteiger partial charge in [-0.3, -0.25) is 0 Å². The van der Waals surface area contributed by atoms with Crippen molar-refractivity contribution in [2.45, 2.75) is 0 Å². The fraction of sp³-hybridized carbons (Fsp3) is 0.0455. The number of nitrogens with zero attached hydrogens (tertiary/aromatic N) is 1. The third-order valence-electron chi connectivity index (χ3n) is 4.41. The molecule has 1 heterocycles. The highest BCUT2D eigenvalue weighted by Gasteiger charge is 2.12. The highest BCUT2D eigenvalue weighted by molar-refractivity contribution is 6.30. The standard InChI is InChI=1S/C22H17ClN2O/c1-26-16-10-11-21-19(12-16)18(17-4-2-3-5-20(17)24)13-22(25-21)14-6-8-15(23)9-7-14/h2-13H,24H2,1H3. The highest BCUT2D eigenvalue weighted by atomic mass is 35.5. The van der Waals surface area contributed by atoms with Gasteiger partial charge in [-0.2, -0.15) is 0 Å². The molecule has 4 heteroatoms. The quantitative estimate of drug-likeness (QED) is 0.469. The van der Waals surface area contributed by atoms with Crippen LogP contribution in [0.5, 0.6) is 5.75 Å². The van der Waals surface area contributed by atoms with Gasteiger partial charge in [-0.05, 0) is 48.0 Å². The number of anilines is 1. The Kier molecular flexibility index (Phi) is 4.23. The van der Waals surface area contributed by atoms with Gasteiger partial charge in [0.1, 0.15) is 5.75 Å².